The van der Waals surface area contributed by atoms with Crippen molar-refractivity contribution in [2.24, 2.45) is 42.3 Å². The second-order valence-corrected chi connectivity index (χ2v) is 48.7. The van der Waals surface area contributed by atoms with Crippen LogP contribution in [0.1, 0.15) is 316 Å². The van der Waals surface area contributed by atoms with E-state index in [0.29, 0.717) is 43.3 Å². The minimum absolute atomic E-state index is 0. The molecule has 10 rings (SSSR count). The molecule has 28 nitrogen and oxygen atoms in total. The summed E-state index contributed by atoms with van der Waals surface area (Å²) in [5.41, 5.74) is 3.96. The summed E-state index contributed by atoms with van der Waals surface area (Å²) in [6.07, 6.45) is 9.20. The van der Waals surface area contributed by atoms with Gasteiger partial charge < -0.3 is 64.6 Å². The number of hydrogen-bond acceptors (Lipinski definition) is 23. The van der Waals surface area contributed by atoms with Crippen LogP contribution in [-0.4, -0.2) is 114 Å². The van der Waals surface area contributed by atoms with Crippen molar-refractivity contribution >= 4 is 122 Å². The van der Waals surface area contributed by atoms with Crippen molar-refractivity contribution in [3.05, 3.63) is 194 Å². The molecule has 0 radical (unpaired) electrons. The molecule has 732 valence electrons. The summed E-state index contributed by atoms with van der Waals surface area (Å²) in [5.74, 6) is 3.51. The number of amides is 2. The Hall–Kier alpha value is -7.56. The summed E-state index contributed by atoms with van der Waals surface area (Å²) >= 11 is -2.49. The third kappa shape index (κ3) is 39.2. The van der Waals surface area contributed by atoms with Crippen molar-refractivity contribution in [1.82, 2.24) is 15.4 Å². The summed E-state index contributed by atoms with van der Waals surface area (Å²) in [6.45, 7) is 66.6. The molecule has 11 N–H and O–H groups in total. The van der Waals surface area contributed by atoms with Gasteiger partial charge in [-0.25, -0.2) is 26.1 Å². The first kappa shape index (κ1) is 122. The van der Waals surface area contributed by atoms with Gasteiger partial charge in [0.1, 0.15) is 86.3 Å². The number of nitrogens with zero attached hydrogens (tertiary/aromatic N) is 1. The van der Waals surface area contributed by atoms with E-state index < -0.39 is 108 Å². The van der Waals surface area contributed by atoms with Crippen LogP contribution in [0.4, 0.5) is 37.2 Å². The Morgan fingerprint density at radius 3 is 1.22 bits per heavy atom. The standard InChI is InChI=1S/C23H24FN3O4.C15H27NO2S.C13H9FN2O4.C11H19NO.C10H21NOS.C6H12O.C5H6O.C4H11NOS.C2H6O.3C2H5O.ClH.Tl/c1-5-23(3,4)21(14-9-6-11(2)31-14)27-18-17(19(28)20(18)29)26-16-13(24)8-7-12-10-25-22(30)15(12)16;1-8-15(6,7)13(12-10-9-11(2)18-12)16-19(17)14(3,4)5;1-20-12-9(10(17)11(12)18)16-8-6(14)3-2-5-4-15-13(19)7(5)8;1-5-11(3,4)10(12)9-7-6-8(2)13-9;1-7-10(5,6)8-11-13(12)9(2,3)4;1-4-6(2,3)5-7;1-5-3-2-4-6-5;1-4(2,3)7(5)6;4*1-2-3;;/h6-9,21,26-27H,5,10H2,1-4H3,(H,25,30);9-10,13,16H,8H2,1-7H3;2-3,16H,4H2,1H3,(H,15,19);6-7,10H,5,12H2,1-4H3;8H,7H2,1-6H3;5H,4H2,1-3H3;2-4H,1H3;5H2,1-3H3;3H,2H2,1H3;3*2H2,1H3;1H;/q;;;;;;;;;3*-1;;+3/t21-;13-,19+;;10-;13-;;;7-;;;;;;/m00.01..1....../s1. The van der Waals surface area contributed by atoms with Crippen LogP contribution in [0.25, 0.3) is 0 Å². The van der Waals surface area contributed by atoms with Gasteiger partial charge in [-0.1, -0.05) is 116 Å². The maximum Gasteiger partial charge on any atom is 0.272 e. The van der Waals surface area contributed by atoms with Gasteiger partial charge in [0.05, 0.1) is 90.2 Å². The number of aliphatic hydroxyl groups excluding tert-OH is 1. The molecule has 0 spiro atoms. The van der Waals surface area contributed by atoms with Crippen molar-refractivity contribution in [3.8, 4) is 5.75 Å². The number of halogens is 3. The van der Waals surface area contributed by atoms with Gasteiger partial charge in [-0.2, -0.15) is 4.40 Å². The number of nitrogens with one attached hydrogen (secondary N) is 6. The Balaban J connectivity index is 0.00000150. The van der Waals surface area contributed by atoms with E-state index in [9.17, 15) is 55.0 Å². The van der Waals surface area contributed by atoms with Crippen LogP contribution in [-0.2, 0) is 58.9 Å². The van der Waals surface area contributed by atoms with E-state index in [-0.39, 0.29) is 124 Å². The molecule has 8 aromatic rings. The number of anilines is 5. The first-order chi connectivity index (χ1) is 59.6. The maximum absolute atomic E-state index is 14.6. The maximum atomic E-state index is 14.6. The van der Waals surface area contributed by atoms with Gasteiger partial charge in [0.25, 0.3) is 33.5 Å². The van der Waals surface area contributed by atoms with E-state index in [1.54, 1.807) is 13.2 Å². The predicted molar refractivity (Wildman–Crippen MR) is 527 cm³/mol. The van der Waals surface area contributed by atoms with Gasteiger partial charge in [-0.3, -0.25) is 33.9 Å². The topological polar surface area (TPSA) is 417 Å². The second-order valence-electron chi connectivity index (χ2n) is 36.9. The zero-order chi connectivity index (χ0) is 99.5. The number of ether oxygens (including phenoxy) is 1. The van der Waals surface area contributed by atoms with Crippen molar-refractivity contribution in [2.45, 2.75) is 299 Å². The molecule has 4 aromatic heterocycles. The molecule has 6 heterocycles. The number of methoxy groups -OCH3 is 1. The second kappa shape index (κ2) is 56.0. The van der Waals surface area contributed by atoms with Crippen LogP contribution in [0.5, 0.6) is 5.75 Å². The van der Waals surface area contributed by atoms with E-state index >= 15 is 0 Å². The molecule has 130 heavy (non-hydrogen) atoms. The molecular formula is C95H151ClF2N9O19S3Tl. The molecule has 0 aliphatic carbocycles. The van der Waals surface area contributed by atoms with Gasteiger partial charge in [0.15, 0.2) is 5.75 Å². The number of aryl methyl sites for hydroxylation is 4. The molecule has 0 unspecified atom stereocenters. The van der Waals surface area contributed by atoms with Crippen LogP contribution in [0, 0.1) is 66.4 Å². The Morgan fingerprint density at radius 1 is 0.515 bits per heavy atom. The summed E-state index contributed by atoms with van der Waals surface area (Å²) in [4.78, 5) is 81.4. The normalized spacial score (nSPS) is 13.8. The van der Waals surface area contributed by atoms with Crippen LogP contribution < -0.4 is 68.6 Å². The SMILES string of the molecule is CC(C)(C)[S@](N)=O.CCC(C)(C)C=N[S@](=O)C(C)(C)C.CCC(C)(C)C=O.CCC(C)(C)[C@@H](N)c1ccc(C)o1.CCC(C)(C)[C@@H](N[S@](=O)C(C)(C)C)c1ccc(C)o1.CCC(C)(C)[C@@H](Nc1c(Nc2c(F)ccc3c2C(=O)NC3)c(=O)c1=O)c1ccc(C)o1.CCO.CC[O][Tl]([O]CC)[O]CC.COc1c(Nc2c(F)ccc3c2C(=O)NC3)c(=O)c1=O.Cc1ccco1.Cl. The van der Waals surface area contributed by atoms with Crippen molar-refractivity contribution in [2.75, 3.05) is 49.5 Å². The van der Waals surface area contributed by atoms with Crippen LogP contribution >= 0.6 is 12.4 Å². The Labute approximate surface area is 794 Å². The first-order valence-electron chi connectivity index (χ1n) is 43.5. The summed E-state index contributed by atoms with van der Waals surface area (Å²) in [7, 11) is -2.18. The molecule has 2 aliphatic rings. The fourth-order valence-electron chi connectivity index (χ4n) is 10.4. The number of fused-ring (bicyclic) bond motifs is 2. The molecule has 0 fully saturated rings. The molecule has 0 saturated carbocycles. The third-order valence-corrected chi connectivity index (χ3v) is 32.2. The minimum atomic E-state index is -2.49. The first-order valence-corrected chi connectivity index (χ1v) is 52.5. The molecule has 2 amide bonds. The van der Waals surface area contributed by atoms with Crippen molar-refractivity contribution in [3.63, 3.8) is 0 Å². The average molecular weight is 2100 g/mol. The molecule has 35 heteroatoms. The number of rotatable bonds is 29. The summed E-state index contributed by atoms with van der Waals surface area (Å²) in [5, 5.41) is 26.2. The van der Waals surface area contributed by atoms with E-state index in [1.165, 1.54) is 31.4 Å². The molecule has 2 aliphatic heterocycles. The number of benzene rings is 2. The molecular weight excluding hydrogens is 1950 g/mol. The van der Waals surface area contributed by atoms with Gasteiger partial charge in [0.2, 0.25) is 0 Å². The Morgan fingerprint density at radius 2 is 0.900 bits per heavy atom. The van der Waals surface area contributed by atoms with E-state index in [2.05, 4.69) is 98.0 Å². The number of furan rings is 4. The Bertz CT molecular complexity index is 5020. The predicted octanol–water partition coefficient (Wildman–Crippen LogP) is 19.5. The number of aldehydes is 1. The number of carbonyl (C=O) groups is 3. The summed E-state index contributed by atoms with van der Waals surface area (Å²) < 4.78 is 112. The molecule has 0 bridgehead atoms. The number of aliphatic hydroxyl groups is 1. The van der Waals surface area contributed by atoms with Gasteiger partial charge in [-0.05, 0) is 217 Å². The average Bonchev–Trinajstić information content (AvgIpc) is 1.06. The minimum Gasteiger partial charge on any atom is -0.491 e. The van der Waals surface area contributed by atoms with E-state index in [0.717, 1.165) is 73.0 Å². The monoisotopic (exact) mass is 2100 g/mol. The smallest absolute Gasteiger partial charge is 0.272 e. The van der Waals surface area contributed by atoms with Crippen molar-refractivity contribution in [1.29, 1.82) is 0 Å². The number of nitrogens with two attached hydrogens (primary N) is 2. The van der Waals surface area contributed by atoms with E-state index in [4.69, 9.17) is 46.4 Å². The Kier molecular flexibility index (Phi) is 52.7. The molecule has 0 saturated heterocycles. The van der Waals surface area contributed by atoms with Gasteiger partial charge in [-0.15, -0.1) is 12.4 Å². The quantitative estimate of drug-likeness (QED) is 0.00910. The number of carbonyl (C=O) groups excluding carboxylic acids is 3. The fraction of sp³-hybridized carbons (Fsp3) is 0.579. The van der Waals surface area contributed by atoms with Crippen LogP contribution in [0.3, 0.4) is 0 Å². The zero-order valence-electron chi connectivity index (χ0n) is 83.0. The van der Waals surface area contributed by atoms with Gasteiger partial charge in [0, 0.05) is 36.7 Å². The van der Waals surface area contributed by atoms with Crippen molar-refractivity contribution < 1.29 is 71.4 Å². The molecule has 4 aromatic carbocycles. The zero-order valence-corrected chi connectivity index (χ0v) is 90.8. The largest absolute Gasteiger partial charge is 0.491 e. The van der Waals surface area contributed by atoms with E-state index in [1.807, 2.05) is 207 Å². The number of hydrogen-bond donors (Lipinski definition) is 9. The summed E-state index contributed by atoms with van der Waals surface area (Å²) in [6, 6.07) is 20.3. The van der Waals surface area contributed by atoms with Crippen LogP contribution in [0.2, 0.25) is 0 Å². The fourth-order valence-corrected chi connectivity index (χ4v) is 16.4. The van der Waals surface area contributed by atoms with Crippen LogP contribution in [0.15, 0.2) is 120 Å². The molecule has 6 atom stereocenters. The van der Waals surface area contributed by atoms with Gasteiger partial charge >= 0.3 is 72.7 Å². The third-order valence-electron chi connectivity index (χ3n) is 21.0.